The summed E-state index contributed by atoms with van der Waals surface area (Å²) >= 11 is 0. The zero-order chi connectivity index (χ0) is 11.3. The molecule has 0 amide bonds. The molecule has 0 fully saturated rings. The number of allylic oxidation sites excluding steroid dienone is 2. The van der Waals surface area contributed by atoms with Gasteiger partial charge in [-0.1, -0.05) is 6.08 Å². The first-order valence-corrected chi connectivity index (χ1v) is 5.19. The number of esters is 1. The highest BCUT2D eigenvalue weighted by molar-refractivity contribution is 5.81. The molecule has 0 aromatic heterocycles. The number of rotatable bonds is 3. The van der Waals surface area contributed by atoms with E-state index in [0.717, 1.165) is 12.8 Å². The molecule has 1 unspecified atom stereocenters. The van der Waals surface area contributed by atoms with Gasteiger partial charge in [0.15, 0.2) is 0 Å². The van der Waals surface area contributed by atoms with Crippen LogP contribution in [0.3, 0.4) is 0 Å². The van der Waals surface area contributed by atoms with E-state index in [1.807, 2.05) is 13.8 Å². The van der Waals surface area contributed by atoms with Crippen molar-refractivity contribution in [1.29, 1.82) is 0 Å². The summed E-state index contributed by atoms with van der Waals surface area (Å²) in [7, 11) is 0. The van der Waals surface area contributed by atoms with E-state index in [0.29, 0.717) is 6.61 Å². The third kappa shape index (κ3) is 3.78. The van der Waals surface area contributed by atoms with Crippen molar-refractivity contribution in [3.63, 3.8) is 0 Å². The van der Waals surface area contributed by atoms with Gasteiger partial charge in [0, 0.05) is 6.08 Å². The minimum atomic E-state index is -0.364. The van der Waals surface area contributed by atoms with E-state index in [1.165, 1.54) is 11.6 Å². The summed E-state index contributed by atoms with van der Waals surface area (Å²) in [6.07, 6.45) is 6.72. The summed E-state index contributed by atoms with van der Waals surface area (Å²) < 4.78 is 10.6. The summed E-state index contributed by atoms with van der Waals surface area (Å²) in [5, 5.41) is 0. The van der Waals surface area contributed by atoms with Gasteiger partial charge in [-0.25, -0.2) is 4.79 Å². The highest BCUT2D eigenvalue weighted by atomic mass is 16.6. The van der Waals surface area contributed by atoms with Crippen LogP contribution in [0.4, 0.5) is 0 Å². The van der Waals surface area contributed by atoms with Gasteiger partial charge in [0.25, 0.3) is 0 Å². The molecule has 3 heteroatoms. The second-order valence-electron chi connectivity index (χ2n) is 4.14. The SMILES string of the molecule is CC=CC(=O)OCC1(C)CCC(C)=CO1. The molecule has 0 saturated carbocycles. The molecule has 0 aliphatic carbocycles. The number of carbonyl (C=O) groups excluding carboxylic acids is 1. The van der Waals surface area contributed by atoms with Gasteiger partial charge >= 0.3 is 5.97 Å². The van der Waals surface area contributed by atoms with E-state index in [2.05, 4.69) is 0 Å². The van der Waals surface area contributed by atoms with E-state index in [9.17, 15) is 4.79 Å². The van der Waals surface area contributed by atoms with Crippen molar-refractivity contribution in [3.8, 4) is 0 Å². The number of hydrogen-bond donors (Lipinski definition) is 0. The zero-order valence-electron chi connectivity index (χ0n) is 9.58. The van der Waals surface area contributed by atoms with Crippen molar-refractivity contribution in [3.05, 3.63) is 24.0 Å². The Morgan fingerprint density at radius 1 is 1.73 bits per heavy atom. The lowest BCUT2D eigenvalue weighted by Gasteiger charge is -2.32. The molecule has 0 aromatic carbocycles. The molecule has 0 spiro atoms. The quantitative estimate of drug-likeness (QED) is 0.530. The van der Waals surface area contributed by atoms with Gasteiger partial charge in [0.05, 0.1) is 6.26 Å². The van der Waals surface area contributed by atoms with Crippen LogP contribution in [0.5, 0.6) is 0 Å². The van der Waals surface area contributed by atoms with Gasteiger partial charge in [-0.2, -0.15) is 0 Å². The summed E-state index contributed by atoms with van der Waals surface area (Å²) in [6.45, 7) is 6.08. The zero-order valence-corrected chi connectivity index (χ0v) is 9.58. The van der Waals surface area contributed by atoms with E-state index in [1.54, 1.807) is 19.3 Å². The maximum absolute atomic E-state index is 11.1. The van der Waals surface area contributed by atoms with E-state index in [-0.39, 0.29) is 11.6 Å². The largest absolute Gasteiger partial charge is 0.492 e. The topological polar surface area (TPSA) is 35.5 Å². The third-order valence-corrected chi connectivity index (χ3v) is 2.42. The molecular formula is C12H18O3. The molecule has 0 saturated heterocycles. The molecule has 15 heavy (non-hydrogen) atoms. The molecule has 84 valence electrons. The average molecular weight is 210 g/mol. The van der Waals surface area contributed by atoms with Gasteiger partial charge < -0.3 is 9.47 Å². The van der Waals surface area contributed by atoms with Crippen LogP contribution in [-0.2, 0) is 14.3 Å². The van der Waals surface area contributed by atoms with Crippen molar-refractivity contribution in [1.82, 2.24) is 0 Å². The second kappa shape index (κ2) is 5.01. The van der Waals surface area contributed by atoms with Gasteiger partial charge in [-0.05, 0) is 39.2 Å². The molecule has 0 aromatic rings. The molecule has 3 nitrogen and oxygen atoms in total. The highest BCUT2D eigenvalue weighted by Crippen LogP contribution is 2.26. The first-order valence-electron chi connectivity index (χ1n) is 5.19. The van der Waals surface area contributed by atoms with Crippen molar-refractivity contribution >= 4 is 5.97 Å². The van der Waals surface area contributed by atoms with Crippen molar-refractivity contribution in [2.75, 3.05) is 6.61 Å². The standard InChI is InChI=1S/C12H18O3/c1-4-5-11(13)14-9-12(3)7-6-10(2)8-15-12/h4-5,8H,6-7,9H2,1-3H3. The van der Waals surface area contributed by atoms with E-state index < -0.39 is 0 Å². The van der Waals surface area contributed by atoms with Crippen LogP contribution in [0.1, 0.15) is 33.6 Å². The van der Waals surface area contributed by atoms with Crippen LogP contribution in [-0.4, -0.2) is 18.2 Å². The Labute approximate surface area is 90.8 Å². The van der Waals surface area contributed by atoms with Crippen molar-refractivity contribution in [2.45, 2.75) is 39.2 Å². The van der Waals surface area contributed by atoms with Gasteiger partial charge in [0.2, 0.25) is 0 Å². The molecule has 1 rings (SSSR count). The Hall–Kier alpha value is -1.25. The van der Waals surface area contributed by atoms with Gasteiger partial charge in [-0.3, -0.25) is 0 Å². The highest BCUT2D eigenvalue weighted by Gasteiger charge is 2.29. The second-order valence-corrected chi connectivity index (χ2v) is 4.14. The lowest BCUT2D eigenvalue weighted by molar-refractivity contribution is -0.146. The Bertz CT molecular complexity index is 291. The van der Waals surface area contributed by atoms with Crippen molar-refractivity contribution < 1.29 is 14.3 Å². The Morgan fingerprint density at radius 3 is 3.00 bits per heavy atom. The third-order valence-electron chi connectivity index (χ3n) is 2.42. The van der Waals surface area contributed by atoms with Crippen LogP contribution < -0.4 is 0 Å². The molecule has 0 N–H and O–H groups in total. The summed E-state index contributed by atoms with van der Waals surface area (Å²) in [4.78, 5) is 11.1. The first kappa shape index (κ1) is 11.8. The van der Waals surface area contributed by atoms with Crippen LogP contribution in [0.2, 0.25) is 0 Å². The lowest BCUT2D eigenvalue weighted by atomic mass is 9.96. The fourth-order valence-electron chi connectivity index (χ4n) is 1.34. The lowest BCUT2D eigenvalue weighted by Crippen LogP contribution is -2.35. The predicted octanol–water partition coefficient (Wildman–Crippen LogP) is 2.58. The fourth-order valence-corrected chi connectivity index (χ4v) is 1.34. The first-order chi connectivity index (χ1) is 7.06. The predicted molar refractivity (Wildman–Crippen MR) is 58.3 cm³/mol. The Balaban J connectivity index is 2.41. The van der Waals surface area contributed by atoms with E-state index >= 15 is 0 Å². The maximum Gasteiger partial charge on any atom is 0.330 e. The van der Waals surface area contributed by atoms with Crippen LogP contribution >= 0.6 is 0 Å². The molecule has 1 atom stereocenters. The number of carbonyl (C=O) groups is 1. The fraction of sp³-hybridized carbons (Fsp3) is 0.583. The molecular weight excluding hydrogens is 192 g/mol. The normalized spacial score (nSPS) is 25.9. The van der Waals surface area contributed by atoms with Crippen molar-refractivity contribution in [2.24, 2.45) is 0 Å². The summed E-state index contributed by atoms with van der Waals surface area (Å²) in [6, 6.07) is 0. The number of ether oxygens (including phenoxy) is 2. The Morgan fingerprint density at radius 2 is 2.47 bits per heavy atom. The minimum absolute atomic E-state index is 0.306. The van der Waals surface area contributed by atoms with Crippen LogP contribution in [0.15, 0.2) is 24.0 Å². The van der Waals surface area contributed by atoms with Gasteiger partial charge in [-0.15, -0.1) is 0 Å². The summed E-state index contributed by atoms with van der Waals surface area (Å²) in [5.41, 5.74) is 0.865. The van der Waals surface area contributed by atoms with Crippen LogP contribution in [0.25, 0.3) is 0 Å². The number of hydrogen-bond acceptors (Lipinski definition) is 3. The maximum atomic E-state index is 11.1. The van der Waals surface area contributed by atoms with Crippen LogP contribution in [0, 0.1) is 0 Å². The molecule has 1 heterocycles. The van der Waals surface area contributed by atoms with Gasteiger partial charge in [0.1, 0.15) is 12.2 Å². The minimum Gasteiger partial charge on any atom is -0.492 e. The Kier molecular flexibility index (Phi) is 3.95. The monoisotopic (exact) mass is 210 g/mol. The molecule has 0 bridgehead atoms. The summed E-state index contributed by atoms with van der Waals surface area (Å²) in [5.74, 6) is -0.311. The molecule has 1 aliphatic rings. The molecule has 1 aliphatic heterocycles. The van der Waals surface area contributed by atoms with E-state index in [4.69, 9.17) is 9.47 Å². The smallest absolute Gasteiger partial charge is 0.330 e. The molecule has 0 radical (unpaired) electrons. The average Bonchev–Trinajstić information content (AvgIpc) is 2.21.